The van der Waals surface area contributed by atoms with E-state index in [2.05, 4.69) is 10.3 Å². The maximum atomic E-state index is 13.4. The second kappa shape index (κ2) is 7.79. The van der Waals surface area contributed by atoms with Gasteiger partial charge >= 0.3 is 6.09 Å². The van der Waals surface area contributed by atoms with Gasteiger partial charge in [0, 0.05) is 6.54 Å². The van der Waals surface area contributed by atoms with Crippen LogP contribution in [0.15, 0.2) is 35.1 Å². The van der Waals surface area contributed by atoms with Crippen LogP contribution in [0.5, 0.6) is 5.75 Å². The van der Waals surface area contributed by atoms with E-state index in [4.69, 9.17) is 10.6 Å². The summed E-state index contributed by atoms with van der Waals surface area (Å²) in [5, 5.41) is 12.0. The molecule has 1 aliphatic carbocycles. The molecule has 0 saturated heterocycles. The maximum absolute atomic E-state index is 13.4. The highest BCUT2D eigenvalue weighted by Gasteiger charge is 2.46. The summed E-state index contributed by atoms with van der Waals surface area (Å²) in [7, 11) is 0. The first-order valence-electron chi connectivity index (χ1n) is 9.77. The van der Waals surface area contributed by atoms with Crippen LogP contribution in [0.3, 0.4) is 0 Å². The van der Waals surface area contributed by atoms with Crippen molar-refractivity contribution < 1.29 is 19.4 Å². The molecule has 0 radical (unpaired) electrons. The second-order valence-corrected chi connectivity index (χ2v) is 7.73. The molecule has 5 N–H and O–H groups in total. The van der Waals surface area contributed by atoms with E-state index in [1.807, 2.05) is 35.8 Å². The molecule has 30 heavy (non-hydrogen) atoms. The molecule has 1 fully saturated rings. The molecule has 158 valence electrons. The third-order valence-electron chi connectivity index (χ3n) is 5.87. The van der Waals surface area contributed by atoms with Crippen LogP contribution >= 0.6 is 0 Å². The Kier molecular flexibility index (Phi) is 5.17. The molecule has 2 aliphatic heterocycles. The molecule has 1 aromatic heterocycles. The van der Waals surface area contributed by atoms with Gasteiger partial charge in [-0.05, 0) is 37.2 Å². The van der Waals surface area contributed by atoms with Crippen LogP contribution in [0.25, 0.3) is 0 Å². The highest BCUT2D eigenvalue weighted by Crippen LogP contribution is 2.42. The number of hydrogen-bond donors (Lipinski definition) is 4. The summed E-state index contributed by atoms with van der Waals surface area (Å²) in [6.07, 6.45) is 1.31. The number of ether oxygens (including phenoxy) is 1. The lowest BCUT2D eigenvalue weighted by Crippen LogP contribution is -2.49. The zero-order chi connectivity index (χ0) is 21.3. The van der Waals surface area contributed by atoms with Crippen molar-refractivity contribution in [3.63, 3.8) is 0 Å². The van der Waals surface area contributed by atoms with Gasteiger partial charge in [-0.1, -0.05) is 30.3 Å². The molecule has 1 aromatic carbocycles. The van der Waals surface area contributed by atoms with Gasteiger partial charge < -0.3 is 15.2 Å². The summed E-state index contributed by atoms with van der Waals surface area (Å²) in [5.41, 5.74) is 1.03. The van der Waals surface area contributed by atoms with Gasteiger partial charge in [0.2, 0.25) is 5.75 Å². The number of nitrogens with one attached hydrogen (secondary N) is 2. The number of benzene rings is 1. The van der Waals surface area contributed by atoms with E-state index in [0.717, 1.165) is 18.4 Å². The van der Waals surface area contributed by atoms with Gasteiger partial charge in [0.1, 0.15) is 18.0 Å². The third-order valence-corrected chi connectivity index (χ3v) is 5.87. The van der Waals surface area contributed by atoms with Crippen molar-refractivity contribution in [2.45, 2.75) is 44.4 Å². The van der Waals surface area contributed by atoms with Crippen molar-refractivity contribution in [1.29, 1.82) is 0 Å². The van der Waals surface area contributed by atoms with E-state index in [-0.39, 0.29) is 29.8 Å². The number of nitrogens with zero attached hydrogens (tertiary/aromatic N) is 2. The van der Waals surface area contributed by atoms with E-state index in [1.165, 1.54) is 4.57 Å². The van der Waals surface area contributed by atoms with Crippen molar-refractivity contribution in [2.75, 3.05) is 0 Å². The van der Waals surface area contributed by atoms with E-state index >= 15 is 0 Å². The SMILES string of the molecule is NNC(=O)c1nc2n(c(=O)c1OCc1ccccc1)CC1CCC2(NC(=O)O)CC1. The zero-order valence-electron chi connectivity index (χ0n) is 16.3. The molecule has 1 saturated carbocycles. The number of nitrogens with two attached hydrogens (primary N) is 1. The molecule has 0 unspecified atom stereocenters. The molecule has 3 aliphatic rings. The van der Waals surface area contributed by atoms with Gasteiger partial charge in [0.05, 0.1) is 0 Å². The summed E-state index contributed by atoms with van der Waals surface area (Å²) >= 11 is 0. The first-order valence-corrected chi connectivity index (χ1v) is 9.77. The predicted molar refractivity (Wildman–Crippen MR) is 106 cm³/mol. The average Bonchev–Trinajstić information content (AvgIpc) is 2.99. The number of carboxylic acid groups (broad SMARTS) is 1. The first kappa shape index (κ1) is 19.9. The minimum Gasteiger partial charge on any atom is -0.481 e. The number of fused-ring (bicyclic) bond motifs is 2. The number of amides is 2. The Morgan fingerprint density at radius 2 is 1.97 bits per heavy atom. The van der Waals surface area contributed by atoms with Gasteiger partial charge in [-0.15, -0.1) is 0 Å². The second-order valence-electron chi connectivity index (χ2n) is 7.73. The summed E-state index contributed by atoms with van der Waals surface area (Å²) in [4.78, 5) is 41.8. The fraction of sp³-hybridized carbons (Fsp3) is 0.400. The van der Waals surface area contributed by atoms with Gasteiger partial charge in [0.15, 0.2) is 5.69 Å². The number of aromatic nitrogens is 2. The fourth-order valence-corrected chi connectivity index (χ4v) is 4.37. The lowest BCUT2D eigenvalue weighted by atomic mass is 9.77. The third kappa shape index (κ3) is 3.50. The van der Waals surface area contributed by atoms with Crippen LogP contribution in [-0.4, -0.2) is 26.7 Å². The Hall–Kier alpha value is -3.40. The Morgan fingerprint density at radius 1 is 1.27 bits per heavy atom. The van der Waals surface area contributed by atoms with Crippen LogP contribution in [-0.2, 0) is 18.7 Å². The van der Waals surface area contributed by atoms with Crippen LogP contribution in [0.2, 0.25) is 0 Å². The molecule has 10 heteroatoms. The summed E-state index contributed by atoms with van der Waals surface area (Å²) < 4.78 is 7.19. The number of carbonyl (C=O) groups excluding carboxylic acids is 1. The number of rotatable bonds is 5. The standard InChI is InChI=1S/C20H23N5O5/c21-24-16(26)14-15(30-11-13-4-2-1-3-5-13)17(27)25-10-12-6-8-20(9-7-12,18(25)22-14)23-19(28)29/h1-5,12,23H,6-11,21H2,(H,24,26)(H,28,29). The summed E-state index contributed by atoms with van der Waals surface area (Å²) in [6.45, 7) is 0.473. The Bertz CT molecular complexity index is 1030. The Morgan fingerprint density at radius 3 is 2.60 bits per heavy atom. The Balaban J connectivity index is 1.84. The molecule has 2 amide bonds. The molecule has 2 aromatic rings. The van der Waals surface area contributed by atoms with E-state index in [9.17, 15) is 19.5 Å². The van der Waals surface area contributed by atoms with Gasteiger partial charge in [-0.3, -0.25) is 19.6 Å². The molecule has 5 rings (SSSR count). The van der Waals surface area contributed by atoms with Crippen molar-refractivity contribution in [2.24, 2.45) is 11.8 Å². The number of carbonyl (C=O) groups is 2. The van der Waals surface area contributed by atoms with Gasteiger partial charge in [-0.25, -0.2) is 15.6 Å². The molecular formula is C20H23N5O5. The van der Waals surface area contributed by atoms with Crippen LogP contribution in [0, 0.1) is 5.92 Å². The average molecular weight is 413 g/mol. The quantitative estimate of drug-likeness (QED) is 0.326. The van der Waals surface area contributed by atoms with E-state index < -0.39 is 23.1 Å². The predicted octanol–water partition coefficient (Wildman–Crippen LogP) is 1.09. The normalized spacial score (nSPS) is 22.0. The number of nitrogen functional groups attached to an aromatic ring is 1. The fourth-order valence-electron chi connectivity index (χ4n) is 4.37. The molecule has 10 nitrogen and oxygen atoms in total. The minimum atomic E-state index is -1.20. The van der Waals surface area contributed by atoms with Crippen LogP contribution in [0.4, 0.5) is 4.79 Å². The van der Waals surface area contributed by atoms with Gasteiger partial charge in [0.25, 0.3) is 11.5 Å². The Labute approximate surface area is 172 Å². The minimum absolute atomic E-state index is 0.0733. The van der Waals surface area contributed by atoms with Crippen LogP contribution < -0.4 is 26.9 Å². The lowest BCUT2D eigenvalue weighted by molar-refractivity contribution is 0.0941. The van der Waals surface area contributed by atoms with E-state index in [0.29, 0.717) is 19.4 Å². The highest BCUT2D eigenvalue weighted by atomic mass is 16.5. The van der Waals surface area contributed by atoms with Crippen molar-refractivity contribution in [3.8, 4) is 5.75 Å². The monoisotopic (exact) mass is 413 g/mol. The summed E-state index contributed by atoms with van der Waals surface area (Å²) in [5.74, 6) is 4.80. The molecule has 3 heterocycles. The van der Waals surface area contributed by atoms with Crippen molar-refractivity contribution >= 4 is 12.0 Å². The lowest BCUT2D eigenvalue weighted by Gasteiger charge is -2.36. The first-order chi connectivity index (χ1) is 14.4. The zero-order valence-corrected chi connectivity index (χ0v) is 16.3. The molecule has 0 atom stereocenters. The smallest absolute Gasteiger partial charge is 0.405 e. The van der Waals surface area contributed by atoms with E-state index in [1.54, 1.807) is 0 Å². The van der Waals surface area contributed by atoms with Crippen LogP contribution in [0.1, 0.15) is 47.6 Å². The molecular weight excluding hydrogens is 390 g/mol. The van der Waals surface area contributed by atoms with Gasteiger partial charge in [-0.2, -0.15) is 0 Å². The molecule has 2 bridgehead atoms. The largest absolute Gasteiger partial charge is 0.481 e. The number of hydrazine groups is 1. The van der Waals surface area contributed by atoms with Crippen molar-refractivity contribution in [3.05, 3.63) is 57.8 Å². The summed E-state index contributed by atoms with van der Waals surface area (Å²) in [6, 6.07) is 9.22. The highest BCUT2D eigenvalue weighted by molar-refractivity contribution is 5.94. The number of hydrogen-bond acceptors (Lipinski definition) is 6. The van der Waals surface area contributed by atoms with Crippen molar-refractivity contribution in [1.82, 2.24) is 20.3 Å². The molecule has 0 spiro atoms. The topological polar surface area (TPSA) is 149 Å². The maximum Gasteiger partial charge on any atom is 0.405 e.